The molecule has 0 bridgehead atoms. The van der Waals surface area contributed by atoms with E-state index in [0.717, 1.165) is 25.3 Å². The second kappa shape index (κ2) is 5.34. The van der Waals surface area contributed by atoms with Gasteiger partial charge in [-0.3, -0.25) is 0 Å². The maximum absolute atomic E-state index is 12.3. The first-order chi connectivity index (χ1) is 8.95. The van der Waals surface area contributed by atoms with Crippen molar-refractivity contribution in [3.63, 3.8) is 0 Å². The van der Waals surface area contributed by atoms with Gasteiger partial charge in [-0.25, -0.2) is 13.2 Å². The van der Waals surface area contributed by atoms with Gasteiger partial charge in [0.25, 0.3) is 10.0 Å². The van der Waals surface area contributed by atoms with Gasteiger partial charge in [-0.15, -0.1) is 0 Å². The van der Waals surface area contributed by atoms with Crippen LogP contribution in [0, 0.1) is 5.92 Å². The molecule has 2 rings (SSSR count). The second-order valence-corrected chi connectivity index (χ2v) is 6.60. The highest BCUT2D eigenvalue weighted by Gasteiger charge is 2.34. The standard InChI is InChI=1S/C12H17NO5S/c1-2-3-9-6-7-13(8-9)19(16,17)11-5-4-10(18-11)12(14)15/h4-5,9H,2-3,6-8H2,1H3,(H,14,15). The zero-order chi connectivity index (χ0) is 14.0. The summed E-state index contributed by atoms with van der Waals surface area (Å²) in [4.78, 5) is 10.7. The molecule has 1 fully saturated rings. The van der Waals surface area contributed by atoms with Gasteiger partial charge in [0.1, 0.15) is 0 Å². The lowest BCUT2D eigenvalue weighted by molar-refractivity contribution is 0.0656. The van der Waals surface area contributed by atoms with E-state index in [-0.39, 0.29) is 10.9 Å². The predicted molar refractivity (Wildman–Crippen MR) is 67.4 cm³/mol. The Bertz CT molecular complexity index is 562. The molecule has 1 saturated heterocycles. The number of carboxylic acids is 1. The molecule has 0 saturated carbocycles. The van der Waals surface area contributed by atoms with Crippen molar-refractivity contribution in [3.05, 3.63) is 17.9 Å². The lowest BCUT2D eigenvalue weighted by Gasteiger charge is -2.14. The first-order valence-corrected chi connectivity index (χ1v) is 7.72. The SMILES string of the molecule is CCCC1CCN(S(=O)(=O)c2ccc(C(=O)O)o2)C1. The molecule has 19 heavy (non-hydrogen) atoms. The summed E-state index contributed by atoms with van der Waals surface area (Å²) in [5.41, 5.74) is 0. The Morgan fingerprint density at radius 3 is 2.84 bits per heavy atom. The van der Waals surface area contributed by atoms with E-state index in [2.05, 4.69) is 6.92 Å². The summed E-state index contributed by atoms with van der Waals surface area (Å²) in [7, 11) is -3.70. The fourth-order valence-electron chi connectivity index (χ4n) is 2.36. The summed E-state index contributed by atoms with van der Waals surface area (Å²) in [5, 5.41) is 8.45. The highest BCUT2D eigenvalue weighted by Crippen LogP contribution is 2.27. The molecule has 1 aromatic heterocycles. The van der Waals surface area contributed by atoms with E-state index in [1.807, 2.05) is 0 Å². The zero-order valence-corrected chi connectivity index (χ0v) is 11.5. The third kappa shape index (κ3) is 2.82. The van der Waals surface area contributed by atoms with E-state index in [1.165, 1.54) is 10.4 Å². The number of nitrogens with zero attached hydrogens (tertiary/aromatic N) is 1. The van der Waals surface area contributed by atoms with Gasteiger partial charge in [-0.05, 0) is 30.9 Å². The van der Waals surface area contributed by atoms with Crippen LogP contribution in [0.2, 0.25) is 0 Å². The normalized spacial score (nSPS) is 20.8. The summed E-state index contributed by atoms with van der Waals surface area (Å²) in [6, 6.07) is 2.36. The predicted octanol–water partition coefficient (Wildman–Crippen LogP) is 1.79. The van der Waals surface area contributed by atoms with Crippen molar-refractivity contribution in [1.29, 1.82) is 0 Å². The molecule has 1 N–H and O–H groups in total. The van der Waals surface area contributed by atoms with Crippen LogP contribution in [0.25, 0.3) is 0 Å². The lowest BCUT2D eigenvalue weighted by atomic mass is 10.0. The number of hydrogen-bond donors (Lipinski definition) is 1. The van der Waals surface area contributed by atoms with Crippen molar-refractivity contribution < 1.29 is 22.7 Å². The highest BCUT2D eigenvalue weighted by molar-refractivity contribution is 7.89. The van der Waals surface area contributed by atoms with Crippen molar-refractivity contribution in [2.45, 2.75) is 31.3 Å². The molecule has 0 aliphatic carbocycles. The summed E-state index contributed by atoms with van der Waals surface area (Å²) < 4.78 is 30.8. The number of carboxylic acid groups (broad SMARTS) is 1. The molecule has 106 valence electrons. The average Bonchev–Trinajstić information content (AvgIpc) is 2.98. The van der Waals surface area contributed by atoms with E-state index in [4.69, 9.17) is 9.52 Å². The highest BCUT2D eigenvalue weighted by atomic mass is 32.2. The Morgan fingerprint density at radius 1 is 1.53 bits per heavy atom. The Labute approximate surface area is 112 Å². The van der Waals surface area contributed by atoms with Gasteiger partial charge in [-0.1, -0.05) is 13.3 Å². The van der Waals surface area contributed by atoms with Crippen molar-refractivity contribution in [2.75, 3.05) is 13.1 Å². The number of hydrogen-bond acceptors (Lipinski definition) is 4. The van der Waals surface area contributed by atoms with Crippen LogP contribution < -0.4 is 0 Å². The van der Waals surface area contributed by atoms with Gasteiger partial charge in [0, 0.05) is 13.1 Å². The summed E-state index contributed by atoms with van der Waals surface area (Å²) in [5.74, 6) is -1.25. The quantitative estimate of drug-likeness (QED) is 0.892. The van der Waals surface area contributed by atoms with Gasteiger partial charge in [0.2, 0.25) is 10.9 Å². The molecule has 1 aliphatic heterocycles. The number of sulfonamides is 1. The minimum Gasteiger partial charge on any atom is -0.475 e. The van der Waals surface area contributed by atoms with Crippen LogP contribution in [-0.4, -0.2) is 36.9 Å². The Balaban J connectivity index is 2.16. The molecular formula is C12H17NO5S. The number of carbonyl (C=O) groups is 1. The molecular weight excluding hydrogens is 270 g/mol. The van der Waals surface area contributed by atoms with Crippen LogP contribution in [0.15, 0.2) is 21.6 Å². The zero-order valence-electron chi connectivity index (χ0n) is 10.7. The first kappa shape index (κ1) is 14.1. The molecule has 1 unspecified atom stereocenters. The van der Waals surface area contributed by atoms with Gasteiger partial charge in [0.15, 0.2) is 0 Å². The van der Waals surface area contributed by atoms with Crippen molar-refractivity contribution >= 4 is 16.0 Å². The molecule has 6 nitrogen and oxygen atoms in total. The van der Waals surface area contributed by atoms with E-state index >= 15 is 0 Å². The van der Waals surface area contributed by atoms with Crippen LogP contribution >= 0.6 is 0 Å². The maximum atomic E-state index is 12.3. The largest absolute Gasteiger partial charge is 0.475 e. The van der Waals surface area contributed by atoms with Gasteiger partial charge in [-0.2, -0.15) is 4.31 Å². The van der Waals surface area contributed by atoms with Crippen LogP contribution in [0.3, 0.4) is 0 Å². The Morgan fingerprint density at radius 2 is 2.26 bits per heavy atom. The summed E-state index contributed by atoms with van der Waals surface area (Å²) in [6.07, 6.45) is 2.88. The molecule has 1 aromatic rings. The molecule has 1 aliphatic rings. The molecule has 0 amide bonds. The summed E-state index contributed by atoms with van der Waals surface area (Å²) in [6.45, 7) is 3.03. The Hall–Kier alpha value is -1.34. The van der Waals surface area contributed by atoms with E-state index < -0.39 is 16.0 Å². The van der Waals surface area contributed by atoms with E-state index in [0.29, 0.717) is 19.0 Å². The van der Waals surface area contributed by atoms with Gasteiger partial charge >= 0.3 is 5.97 Å². The average molecular weight is 287 g/mol. The molecule has 2 heterocycles. The third-order valence-corrected chi connectivity index (χ3v) is 5.07. The van der Waals surface area contributed by atoms with Crippen molar-refractivity contribution in [2.24, 2.45) is 5.92 Å². The number of furan rings is 1. The van der Waals surface area contributed by atoms with Crippen LogP contribution in [0.1, 0.15) is 36.7 Å². The van der Waals surface area contributed by atoms with E-state index in [1.54, 1.807) is 0 Å². The molecule has 0 aromatic carbocycles. The molecule has 1 atom stereocenters. The molecule has 0 spiro atoms. The fourth-order valence-corrected chi connectivity index (χ4v) is 3.80. The lowest BCUT2D eigenvalue weighted by Crippen LogP contribution is -2.28. The smallest absolute Gasteiger partial charge is 0.371 e. The van der Waals surface area contributed by atoms with Crippen LogP contribution in [-0.2, 0) is 10.0 Å². The van der Waals surface area contributed by atoms with Gasteiger partial charge in [0.05, 0.1) is 0 Å². The first-order valence-electron chi connectivity index (χ1n) is 6.28. The van der Waals surface area contributed by atoms with E-state index in [9.17, 15) is 13.2 Å². The van der Waals surface area contributed by atoms with Crippen LogP contribution in [0.5, 0.6) is 0 Å². The van der Waals surface area contributed by atoms with Crippen molar-refractivity contribution in [3.8, 4) is 0 Å². The molecule has 7 heteroatoms. The maximum Gasteiger partial charge on any atom is 0.371 e. The number of aromatic carboxylic acids is 1. The monoisotopic (exact) mass is 287 g/mol. The Kier molecular flexibility index (Phi) is 3.96. The second-order valence-electron chi connectivity index (χ2n) is 4.73. The van der Waals surface area contributed by atoms with Crippen LogP contribution in [0.4, 0.5) is 0 Å². The van der Waals surface area contributed by atoms with Gasteiger partial charge < -0.3 is 9.52 Å². The minimum atomic E-state index is -3.70. The molecule has 0 radical (unpaired) electrons. The summed E-state index contributed by atoms with van der Waals surface area (Å²) >= 11 is 0. The third-order valence-electron chi connectivity index (χ3n) is 3.33. The van der Waals surface area contributed by atoms with Crippen molar-refractivity contribution in [1.82, 2.24) is 4.31 Å². The fraction of sp³-hybridized carbons (Fsp3) is 0.583. The topological polar surface area (TPSA) is 87.8 Å². The minimum absolute atomic E-state index is 0.290. The number of rotatable bonds is 5.